The number of thiophene rings is 1. The summed E-state index contributed by atoms with van der Waals surface area (Å²) in [6.07, 6.45) is 2.18. The summed E-state index contributed by atoms with van der Waals surface area (Å²) in [4.78, 5) is 1.38. The molecule has 0 saturated heterocycles. The highest BCUT2D eigenvalue weighted by Crippen LogP contribution is 2.37. The van der Waals surface area contributed by atoms with Crippen molar-refractivity contribution < 1.29 is 4.57 Å². The van der Waals surface area contributed by atoms with E-state index in [1.807, 2.05) is 11.3 Å². The van der Waals surface area contributed by atoms with Crippen LogP contribution in [0, 0.1) is 6.92 Å². The van der Waals surface area contributed by atoms with Crippen LogP contribution in [0.2, 0.25) is 0 Å². The van der Waals surface area contributed by atoms with Crippen molar-refractivity contribution >= 4 is 21.4 Å². The molecule has 21 heavy (non-hydrogen) atoms. The van der Waals surface area contributed by atoms with Crippen molar-refractivity contribution in [2.45, 2.75) is 33.1 Å². The van der Waals surface area contributed by atoms with Gasteiger partial charge in [-0.05, 0) is 34.9 Å². The summed E-state index contributed by atoms with van der Waals surface area (Å²) in [6.45, 7) is 9.04. The maximum Gasteiger partial charge on any atom is 0.222 e. The number of rotatable bonds is 1. The fourth-order valence-electron chi connectivity index (χ4n) is 2.68. The molecule has 0 unspecified atom stereocenters. The maximum atomic E-state index is 2.34. The fraction of sp³-hybridized carbons (Fsp3) is 0.316. The minimum Gasteiger partial charge on any atom is -0.200 e. The lowest BCUT2D eigenvalue weighted by Gasteiger charge is -2.18. The standard InChI is InChI=1S/C19H22NS/c1-13-15-8-6-7-9-17(15)21-18(13)16-12-14(19(2,3)4)10-11-20(16)5/h6-12H,1-5H3/q+1. The molecule has 3 aromatic rings. The Labute approximate surface area is 130 Å². The van der Waals surface area contributed by atoms with Crippen LogP contribution in [0.5, 0.6) is 0 Å². The smallest absolute Gasteiger partial charge is 0.200 e. The van der Waals surface area contributed by atoms with E-state index >= 15 is 0 Å². The number of hydrogen-bond acceptors (Lipinski definition) is 1. The van der Waals surface area contributed by atoms with Gasteiger partial charge in [0.15, 0.2) is 6.20 Å². The second kappa shape index (κ2) is 4.96. The lowest BCUT2D eigenvalue weighted by molar-refractivity contribution is -0.660. The molecule has 2 heteroatoms. The molecule has 0 atom stereocenters. The molecule has 0 aliphatic carbocycles. The Morgan fingerprint density at radius 1 is 1.05 bits per heavy atom. The van der Waals surface area contributed by atoms with Crippen molar-refractivity contribution in [3.8, 4) is 10.6 Å². The van der Waals surface area contributed by atoms with Gasteiger partial charge in [0.2, 0.25) is 5.69 Å². The topological polar surface area (TPSA) is 3.88 Å². The van der Waals surface area contributed by atoms with Crippen molar-refractivity contribution in [1.29, 1.82) is 0 Å². The number of benzene rings is 1. The SMILES string of the molecule is Cc1c(-c2cc(C(C)(C)C)cc[n+]2C)sc2ccccc12. The summed E-state index contributed by atoms with van der Waals surface area (Å²) in [5.74, 6) is 0. The Morgan fingerprint density at radius 2 is 1.76 bits per heavy atom. The van der Waals surface area contributed by atoms with Crippen LogP contribution in [0.4, 0.5) is 0 Å². The molecule has 0 bridgehead atoms. The van der Waals surface area contributed by atoms with Gasteiger partial charge in [0, 0.05) is 16.8 Å². The second-order valence-corrected chi connectivity index (χ2v) is 7.77. The van der Waals surface area contributed by atoms with Gasteiger partial charge in [-0.25, -0.2) is 4.57 Å². The van der Waals surface area contributed by atoms with Crippen molar-refractivity contribution in [2.24, 2.45) is 7.05 Å². The number of hydrogen-bond donors (Lipinski definition) is 0. The van der Waals surface area contributed by atoms with Crippen molar-refractivity contribution in [3.05, 3.63) is 53.7 Å². The quantitative estimate of drug-likeness (QED) is 0.556. The van der Waals surface area contributed by atoms with Crippen molar-refractivity contribution in [1.82, 2.24) is 0 Å². The summed E-state index contributed by atoms with van der Waals surface area (Å²) in [7, 11) is 2.13. The molecule has 2 heterocycles. The molecule has 2 aromatic heterocycles. The number of aromatic nitrogens is 1. The van der Waals surface area contributed by atoms with E-state index < -0.39 is 0 Å². The van der Waals surface area contributed by atoms with Gasteiger partial charge in [0.25, 0.3) is 0 Å². The van der Waals surface area contributed by atoms with Crippen LogP contribution in [0.25, 0.3) is 20.7 Å². The van der Waals surface area contributed by atoms with E-state index in [0.717, 1.165) is 0 Å². The highest BCUT2D eigenvalue weighted by Gasteiger charge is 2.22. The van der Waals surface area contributed by atoms with Gasteiger partial charge in [0.05, 0.1) is 0 Å². The molecule has 108 valence electrons. The molecule has 0 aliphatic heterocycles. The highest BCUT2D eigenvalue weighted by atomic mass is 32.1. The molecule has 1 aromatic carbocycles. The van der Waals surface area contributed by atoms with Gasteiger partial charge in [-0.1, -0.05) is 39.0 Å². The van der Waals surface area contributed by atoms with Gasteiger partial charge in [-0.15, -0.1) is 11.3 Å². The number of aryl methyl sites for hydroxylation is 2. The molecule has 0 amide bonds. The molecule has 0 spiro atoms. The summed E-state index contributed by atoms with van der Waals surface area (Å²) in [5.41, 5.74) is 4.25. The predicted molar refractivity (Wildman–Crippen MR) is 91.9 cm³/mol. The Morgan fingerprint density at radius 3 is 2.43 bits per heavy atom. The van der Waals surface area contributed by atoms with E-state index in [0.29, 0.717) is 0 Å². The van der Waals surface area contributed by atoms with Crippen LogP contribution in [0.1, 0.15) is 31.9 Å². The van der Waals surface area contributed by atoms with Gasteiger partial charge < -0.3 is 0 Å². The summed E-state index contributed by atoms with van der Waals surface area (Å²) < 4.78 is 3.60. The largest absolute Gasteiger partial charge is 0.222 e. The van der Waals surface area contributed by atoms with E-state index in [4.69, 9.17) is 0 Å². The van der Waals surface area contributed by atoms with Crippen LogP contribution in [-0.4, -0.2) is 0 Å². The number of pyridine rings is 1. The molecule has 0 aliphatic rings. The third-order valence-electron chi connectivity index (χ3n) is 4.09. The van der Waals surface area contributed by atoms with Crippen LogP contribution < -0.4 is 4.57 Å². The van der Waals surface area contributed by atoms with Crippen molar-refractivity contribution in [2.75, 3.05) is 0 Å². The molecule has 0 N–H and O–H groups in total. The molecule has 0 fully saturated rings. The van der Waals surface area contributed by atoms with Gasteiger partial charge in [-0.3, -0.25) is 0 Å². The zero-order chi connectivity index (χ0) is 15.2. The minimum absolute atomic E-state index is 0.174. The number of nitrogens with zero attached hydrogens (tertiary/aromatic N) is 1. The summed E-state index contributed by atoms with van der Waals surface area (Å²) in [5, 5.41) is 1.37. The normalized spacial score (nSPS) is 12.0. The van der Waals surface area contributed by atoms with Crippen LogP contribution in [0.15, 0.2) is 42.6 Å². The zero-order valence-electron chi connectivity index (χ0n) is 13.4. The monoisotopic (exact) mass is 296 g/mol. The van der Waals surface area contributed by atoms with E-state index in [-0.39, 0.29) is 5.41 Å². The van der Waals surface area contributed by atoms with E-state index in [1.54, 1.807) is 0 Å². The van der Waals surface area contributed by atoms with E-state index in [1.165, 1.54) is 31.8 Å². The lowest BCUT2D eigenvalue weighted by Crippen LogP contribution is -2.31. The molecular weight excluding hydrogens is 274 g/mol. The van der Waals surface area contributed by atoms with Gasteiger partial charge in [-0.2, -0.15) is 0 Å². The molecule has 3 rings (SSSR count). The van der Waals surface area contributed by atoms with E-state index in [2.05, 4.69) is 81.9 Å². The molecular formula is C19H22NS+. The predicted octanol–water partition coefficient (Wildman–Crippen LogP) is 5.00. The van der Waals surface area contributed by atoms with Gasteiger partial charge in [0.1, 0.15) is 11.9 Å². The summed E-state index contributed by atoms with van der Waals surface area (Å²) in [6, 6.07) is 13.2. The van der Waals surface area contributed by atoms with E-state index in [9.17, 15) is 0 Å². The van der Waals surface area contributed by atoms with Crippen LogP contribution >= 0.6 is 11.3 Å². The average molecular weight is 296 g/mol. The molecule has 0 radical (unpaired) electrons. The average Bonchev–Trinajstić information content (AvgIpc) is 2.76. The fourth-order valence-corrected chi connectivity index (χ4v) is 3.95. The number of fused-ring (bicyclic) bond motifs is 1. The Kier molecular flexibility index (Phi) is 3.37. The summed E-state index contributed by atoms with van der Waals surface area (Å²) >= 11 is 1.89. The first kappa shape index (κ1) is 14.3. The third kappa shape index (κ3) is 2.49. The second-order valence-electron chi connectivity index (χ2n) is 6.71. The first-order chi connectivity index (χ1) is 9.88. The van der Waals surface area contributed by atoms with Crippen molar-refractivity contribution in [3.63, 3.8) is 0 Å². The highest BCUT2D eigenvalue weighted by molar-refractivity contribution is 7.22. The zero-order valence-corrected chi connectivity index (χ0v) is 14.2. The first-order valence-electron chi connectivity index (χ1n) is 7.36. The van der Waals surface area contributed by atoms with Gasteiger partial charge >= 0.3 is 0 Å². The molecule has 1 nitrogen and oxygen atoms in total. The van der Waals surface area contributed by atoms with Crippen LogP contribution in [0.3, 0.4) is 0 Å². The Hall–Kier alpha value is -1.67. The Bertz CT molecular complexity index is 806. The first-order valence-corrected chi connectivity index (χ1v) is 8.18. The van der Waals surface area contributed by atoms with Crippen LogP contribution in [-0.2, 0) is 12.5 Å². The maximum absolute atomic E-state index is 2.34. The molecule has 0 saturated carbocycles. The third-order valence-corrected chi connectivity index (χ3v) is 5.39. The Balaban J connectivity index is 2.25. The lowest BCUT2D eigenvalue weighted by atomic mass is 9.87. The minimum atomic E-state index is 0.174.